The third-order valence-corrected chi connectivity index (χ3v) is 2.26. The summed E-state index contributed by atoms with van der Waals surface area (Å²) in [7, 11) is 1.57. The monoisotopic (exact) mass is 242 g/mol. The number of halogens is 1. The summed E-state index contributed by atoms with van der Waals surface area (Å²) < 4.78 is 5.00. The summed E-state index contributed by atoms with van der Waals surface area (Å²) >= 11 is 2.92. The molecule has 0 radical (unpaired) electrons. The van der Waals surface area contributed by atoms with E-state index in [1.165, 1.54) is 0 Å². The lowest BCUT2D eigenvalue weighted by atomic mass is 10.1. The molecule has 0 aliphatic rings. The second-order valence-corrected chi connectivity index (χ2v) is 3.66. The summed E-state index contributed by atoms with van der Waals surface area (Å²) in [5, 5.41) is 0. The molecule has 0 amide bonds. The highest BCUT2D eigenvalue weighted by atomic mass is 79.9. The molecule has 1 aromatic carbocycles. The Morgan fingerprint density at radius 2 is 2.00 bits per heavy atom. The van der Waals surface area contributed by atoms with Gasteiger partial charge in [-0.1, -0.05) is 6.07 Å². The second kappa shape index (κ2) is 3.92. The first kappa shape index (κ1) is 10.3. The van der Waals surface area contributed by atoms with E-state index in [9.17, 15) is 4.79 Å². The fourth-order valence-corrected chi connectivity index (χ4v) is 1.67. The average Bonchev–Trinajstić information content (AvgIpc) is 2.02. The Morgan fingerprint density at radius 3 is 2.46 bits per heavy atom. The molecule has 2 nitrogen and oxygen atoms in total. The summed E-state index contributed by atoms with van der Waals surface area (Å²) in [5.41, 5.74) is 2.62. The summed E-state index contributed by atoms with van der Waals surface area (Å²) in [5.74, 6) is 0.646. The number of benzene rings is 1. The van der Waals surface area contributed by atoms with Crippen molar-refractivity contribution in [3.63, 3.8) is 0 Å². The van der Waals surface area contributed by atoms with Crippen molar-refractivity contribution in [2.75, 3.05) is 7.11 Å². The number of hydrogen-bond donors (Lipinski definition) is 0. The van der Waals surface area contributed by atoms with Gasteiger partial charge in [0.2, 0.25) is 4.69 Å². The first-order chi connectivity index (χ1) is 6.06. The van der Waals surface area contributed by atoms with E-state index in [1.807, 2.05) is 26.0 Å². The Morgan fingerprint density at radius 1 is 1.38 bits per heavy atom. The van der Waals surface area contributed by atoms with Gasteiger partial charge in [0.05, 0.1) is 12.7 Å². The molecular weight excluding hydrogens is 232 g/mol. The Labute approximate surface area is 86.0 Å². The van der Waals surface area contributed by atoms with Gasteiger partial charge >= 0.3 is 0 Å². The molecule has 3 heteroatoms. The molecule has 0 N–H and O–H groups in total. The van der Waals surface area contributed by atoms with E-state index in [0.29, 0.717) is 11.3 Å². The highest BCUT2D eigenvalue weighted by Gasteiger charge is 2.11. The second-order valence-electron chi connectivity index (χ2n) is 2.94. The first-order valence-electron chi connectivity index (χ1n) is 3.91. The number of ether oxygens (including phenoxy) is 1. The fourth-order valence-electron chi connectivity index (χ4n) is 1.37. The molecule has 1 rings (SSSR count). The first-order valence-corrected chi connectivity index (χ1v) is 4.70. The van der Waals surface area contributed by atoms with E-state index in [4.69, 9.17) is 4.74 Å². The van der Waals surface area contributed by atoms with Crippen LogP contribution in [0, 0.1) is 13.8 Å². The summed E-state index contributed by atoms with van der Waals surface area (Å²) in [6.07, 6.45) is 0. The minimum atomic E-state index is -0.142. The van der Waals surface area contributed by atoms with Crippen LogP contribution in [-0.2, 0) is 0 Å². The highest BCUT2D eigenvalue weighted by Crippen LogP contribution is 2.26. The van der Waals surface area contributed by atoms with Crippen molar-refractivity contribution >= 4 is 20.6 Å². The number of carbonyl (C=O) groups excluding carboxylic acids is 1. The van der Waals surface area contributed by atoms with Gasteiger partial charge in [-0.25, -0.2) is 0 Å². The number of methoxy groups -OCH3 is 1. The SMILES string of the molecule is COc1c(C)cc(C)cc1C(=O)Br. The molecule has 1 aromatic rings. The van der Waals surface area contributed by atoms with Gasteiger partial charge in [-0.2, -0.15) is 0 Å². The largest absolute Gasteiger partial charge is 0.496 e. The van der Waals surface area contributed by atoms with Crippen LogP contribution in [0.5, 0.6) is 5.75 Å². The maximum Gasteiger partial charge on any atom is 0.231 e. The summed E-state index contributed by atoms with van der Waals surface area (Å²) in [6.45, 7) is 3.87. The van der Waals surface area contributed by atoms with Gasteiger partial charge in [-0.15, -0.1) is 0 Å². The maximum absolute atomic E-state index is 11.2. The van der Waals surface area contributed by atoms with Crippen molar-refractivity contribution in [1.29, 1.82) is 0 Å². The van der Waals surface area contributed by atoms with Crippen LogP contribution in [0.1, 0.15) is 21.5 Å². The quantitative estimate of drug-likeness (QED) is 0.746. The zero-order chi connectivity index (χ0) is 10.0. The van der Waals surface area contributed by atoms with Gasteiger partial charge in [-0.05, 0) is 47.0 Å². The van der Waals surface area contributed by atoms with E-state index in [-0.39, 0.29) is 4.69 Å². The van der Waals surface area contributed by atoms with Crippen LogP contribution >= 0.6 is 15.9 Å². The van der Waals surface area contributed by atoms with E-state index in [2.05, 4.69) is 15.9 Å². The molecule has 0 saturated carbocycles. The van der Waals surface area contributed by atoms with Crippen LogP contribution in [-0.4, -0.2) is 11.8 Å². The molecule has 0 fully saturated rings. The van der Waals surface area contributed by atoms with Gasteiger partial charge < -0.3 is 4.74 Å². The molecule has 0 aromatic heterocycles. The molecule has 0 atom stereocenters. The van der Waals surface area contributed by atoms with E-state index in [0.717, 1.165) is 11.1 Å². The van der Waals surface area contributed by atoms with Crippen LogP contribution in [0.4, 0.5) is 0 Å². The topological polar surface area (TPSA) is 26.3 Å². The third-order valence-electron chi connectivity index (χ3n) is 1.83. The van der Waals surface area contributed by atoms with Crippen LogP contribution in [0.2, 0.25) is 0 Å². The van der Waals surface area contributed by atoms with Crippen molar-refractivity contribution in [3.8, 4) is 5.75 Å². The number of carbonyl (C=O) groups is 1. The third kappa shape index (κ3) is 2.10. The van der Waals surface area contributed by atoms with Crippen LogP contribution in [0.3, 0.4) is 0 Å². The van der Waals surface area contributed by atoms with Crippen LogP contribution < -0.4 is 4.74 Å². The minimum absolute atomic E-state index is 0.142. The lowest BCUT2D eigenvalue weighted by Crippen LogP contribution is -1.98. The van der Waals surface area contributed by atoms with Crippen molar-refractivity contribution in [1.82, 2.24) is 0 Å². The van der Waals surface area contributed by atoms with Crippen LogP contribution in [0.25, 0.3) is 0 Å². The maximum atomic E-state index is 11.2. The zero-order valence-electron chi connectivity index (χ0n) is 7.85. The van der Waals surface area contributed by atoms with Gasteiger partial charge in [0.15, 0.2) is 0 Å². The zero-order valence-corrected chi connectivity index (χ0v) is 9.44. The number of aryl methyl sites for hydroxylation is 2. The Hall–Kier alpha value is -0.830. The van der Waals surface area contributed by atoms with Gasteiger partial charge in [0.25, 0.3) is 0 Å². The number of rotatable bonds is 2. The fraction of sp³-hybridized carbons (Fsp3) is 0.300. The van der Waals surface area contributed by atoms with E-state index >= 15 is 0 Å². The smallest absolute Gasteiger partial charge is 0.231 e. The van der Waals surface area contributed by atoms with Crippen molar-refractivity contribution < 1.29 is 9.53 Å². The molecular formula is C10H11BrO2. The summed E-state index contributed by atoms with van der Waals surface area (Å²) in [4.78, 5) is 11.2. The molecule has 0 heterocycles. The molecule has 0 saturated heterocycles. The Kier molecular flexibility index (Phi) is 3.09. The molecule has 0 bridgehead atoms. The lowest BCUT2D eigenvalue weighted by molar-refractivity contribution is 0.109. The van der Waals surface area contributed by atoms with Crippen molar-refractivity contribution in [2.24, 2.45) is 0 Å². The minimum Gasteiger partial charge on any atom is -0.496 e. The van der Waals surface area contributed by atoms with Gasteiger partial charge in [0, 0.05) is 0 Å². The molecule has 70 valence electrons. The molecule has 0 spiro atoms. The molecule has 0 aliphatic heterocycles. The van der Waals surface area contributed by atoms with Gasteiger partial charge in [-0.3, -0.25) is 4.79 Å². The van der Waals surface area contributed by atoms with E-state index in [1.54, 1.807) is 7.11 Å². The highest BCUT2D eigenvalue weighted by molar-refractivity contribution is 9.18. The molecule has 13 heavy (non-hydrogen) atoms. The van der Waals surface area contributed by atoms with E-state index < -0.39 is 0 Å². The van der Waals surface area contributed by atoms with Gasteiger partial charge in [0.1, 0.15) is 5.75 Å². The van der Waals surface area contributed by atoms with Crippen LogP contribution in [0.15, 0.2) is 12.1 Å². The Balaban J connectivity index is 3.38. The predicted molar refractivity (Wildman–Crippen MR) is 55.7 cm³/mol. The number of hydrogen-bond acceptors (Lipinski definition) is 2. The summed E-state index contributed by atoms with van der Waals surface area (Å²) in [6, 6.07) is 3.79. The normalized spacial score (nSPS) is 9.85. The molecule has 0 aliphatic carbocycles. The Bertz CT molecular complexity index is 345. The predicted octanol–water partition coefficient (Wildman–Crippen LogP) is 2.85. The van der Waals surface area contributed by atoms with Crippen molar-refractivity contribution in [2.45, 2.75) is 13.8 Å². The average molecular weight is 243 g/mol. The lowest BCUT2D eigenvalue weighted by Gasteiger charge is -2.09. The standard InChI is InChI=1S/C10H11BrO2/c1-6-4-7(2)9(13-3)8(5-6)10(11)12/h4-5H,1-3H3. The van der Waals surface area contributed by atoms with Crippen molar-refractivity contribution in [3.05, 3.63) is 28.8 Å². The molecule has 0 unspecified atom stereocenters.